The van der Waals surface area contributed by atoms with Crippen LogP contribution in [-0.4, -0.2) is 47.9 Å². The lowest BCUT2D eigenvalue weighted by atomic mass is 10.1. The zero-order valence-electron chi connectivity index (χ0n) is 16.4. The molecule has 29 heavy (non-hydrogen) atoms. The van der Waals surface area contributed by atoms with Gasteiger partial charge < -0.3 is 14.2 Å². The van der Waals surface area contributed by atoms with E-state index in [0.717, 1.165) is 16.7 Å². The van der Waals surface area contributed by atoms with Gasteiger partial charge >= 0.3 is 5.97 Å². The maximum Gasteiger partial charge on any atom is 0.329 e. The summed E-state index contributed by atoms with van der Waals surface area (Å²) in [7, 11) is 0. The normalized spacial score (nSPS) is 16.1. The third-order valence-corrected chi connectivity index (χ3v) is 4.98. The van der Waals surface area contributed by atoms with E-state index >= 15 is 0 Å². The van der Waals surface area contributed by atoms with Gasteiger partial charge in [-0.05, 0) is 56.3 Å². The highest BCUT2D eigenvalue weighted by Gasteiger charge is 2.41. The highest BCUT2D eigenvalue weighted by Crippen LogP contribution is 2.39. The molecule has 0 bridgehead atoms. The summed E-state index contributed by atoms with van der Waals surface area (Å²) in [6.45, 7) is 9.33. The molecule has 9 heteroatoms. The topological polar surface area (TPSA) is 82.1 Å². The maximum absolute atomic E-state index is 12.7. The van der Waals surface area contributed by atoms with Crippen molar-refractivity contribution < 1.29 is 28.6 Å². The highest BCUT2D eigenvalue weighted by molar-refractivity contribution is 8.18. The fourth-order valence-corrected chi connectivity index (χ4v) is 3.73. The molecule has 1 aliphatic rings. The molecule has 1 fully saturated rings. The van der Waals surface area contributed by atoms with Crippen LogP contribution < -0.4 is 9.47 Å². The molecule has 0 unspecified atom stereocenters. The van der Waals surface area contributed by atoms with Crippen LogP contribution in [0.2, 0.25) is 5.02 Å². The van der Waals surface area contributed by atoms with E-state index in [1.165, 1.54) is 13.0 Å². The fourth-order valence-electron chi connectivity index (χ4n) is 2.55. The molecule has 1 atom stereocenters. The molecule has 0 radical (unpaired) electrons. The van der Waals surface area contributed by atoms with Crippen molar-refractivity contribution in [2.24, 2.45) is 0 Å². The number of hydrogen-bond acceptors (Lipinski definition) is 7. The van der Waals surface area contributed by atoms with Crippen LogP contribution >= 0.6 is 23.4 Å². The Balaban J connectivity index is 2.34. The standard InChI is InChI=1S/C20H22ClNO6S/c1-5-8-28-17-14(21)9-13(10-15(17)26-6-2)11-16-18(23)22(20(25)29-16)12(4)19(24)27-7-3/h5,9-12H,1,6-8H2,2-4H3/b16-11+/t12-/m1/s1. The molecule has 0 saturated carbocycles. The molecule has 0 aromatic heterocycles. The monoisotopic (exact) mass is 439 g/mol. The van der Waals surface area contributed by atoms with Gasteiger partial charge in [-0.2, -0.15) is 0 Å². The van der Waals surface area contributed by atoms with Crippen molar-refractivity contribution in [1.82, 2.24) is 4.90 Å². The van der Waals surface area contributed by atoms with E-state index < -0.39 is 23.2 Å². The molecule has 1 saturated heterocycles. The summed E-state index contributed by atoms with van der Waals surface area (Å²) in [5.41, 5.74) is 0.554. The van der Waals surface area contributed by atoms with Gasteiger partial charge in [0.1, 0.15) is 12.6 Å². The smallest absolute Gasteiger partial charge is 0.329 e. The average Bonchev–Trinajstić information content (AvgIpc) is 2.94. The molecule has 1 aromatic rings. The van der Waals surface area contributed by atoms with E-state index in [9.17, 15) is 14.4 Å². The van der Waals surface area contributed by atoms with Crippen molar-refractivity contribution in [2.75, 3.05) is 19.8 Å². The van der Waals surface area contributed by atoms with Crippen LogP contribution in [0.4, 0.5) is 4.79 Å². The molecule has 0 aliphatic carbocycles. The molecule has 0 N–H and O–H groups in total. The van der Waals surface area contributed by atoms with E-state index in [-0.39, 0.29) is 18.1 Å². The van der Waals surface area contributed by atoms with Crippen LogP contribution in [0, 0.1) is 0 Å². The summed E-state index contributed by atoms with van der Waals surface area (Å²) < 4.78 is 16.0. The Morgan fingerprint density at radius 3 is 2.62 bits per heavy atom. The number of amides is 2. The van der Waals surface area contributed by atoms with Gasteiger partial charge in [-0.15, -0.1) is 0 Å². The van der Waals surface area contributed by atoms with Crippen molar-refractivity contribution in [3.05, 3.63) is 40.3 Å². The van der Waals surface area contributed by atoms with Crippen molar-refractivity contribution >= 4 is 46.6 Å². The van der Waals surface area contributed by atoms with Crippen molar-refractivity contribution in [1.29, 1.82) is 0 Å². The minimum Gasteiger partial charge on any atom is -0.490 e. The molecule has 156 valence electrons. The van der Waals surface area contributed by atoms with Gasteiger partial charge in [0.25, 0.3) is 11.1 Å². The minimum absolute atomic E-state index is 0.161. The Morgan fingerprint density at radius 2 is 2.00 bits per heavy atom. The largest absolute Gasteiger partial charge is 0.490 e. The first-order chi connectivity index (χ1) is 13.8. The SMILES string of the molecule is C=CCOc1c(Cl)cc(/C=C2/SC(=O)N([C@H](C)C(=O)OCC)C2=O)cc1OCC. The van der Waals surface area contributed by atoms with Crippen molar-refractivity contribution in [3.63, 3.8) is 0 Å². The Labute approximate surface area is 178 Å². The summed E-state index contributed by atoms with van der Waals surface area (Å²) in [5, 5.41) is -0.243. The van der Waals surface area contributed by atoms with Gasteiger partial charge in [-0.3, -0.25) is 14.5 Å². The Kier molecular flexibility index (Phi) is 8.16. The van der Waals surface area contributed by atoms with E-state index in [1.54, 1.807) is 25.1 Å². The summed E-state index contributed by atoms with van der Waals surface area (Å²) in [4.78, 5) is 37.9. The first kappa shape index (κ1) is 22.8. The van der Waals surface area contributed by atoms with E-state index in [0.29, 0.717) is 28.7 Å². The Bertz CT molecular complexity index is 854. The predicted octanol–water partition coefficient (Wildman–Crippen LogP) is 4.29. The quantitative estimate of drug-likeness (QED) is 0.322. The molecular formula is C20H22ClNO6S. The third kappa shape index (κ3) is 5.33. The van der Waals surface area contributed by atoms with E-state index in [2.05, 4.69) is 6.58 Å². The van der Waals surface area contributed by atoms with Crippen LogP contribution in [0.5, 0.6) is 11.5 Å². The predicted molar refractivity (Wildman–Crippen MR) is 112 cm³/mol. The number of hydrogen-bond donors (Lipinski definition) is 0. The molecule has 0 spiro atoms. The molecule has 1 aliphatic heterocycles. The summed E-state index contributed by atoms with van der Waals surface area (Å²) >= 11 is 7.06. The minimum atomic E-state index is -1.01. The number of halogens is 1. The van der Waals surface area contributed by atoms with Crippen molar-refractivity contribution in [2.45, 2.75) is 26.8 Å². The van der Waals surface area contributed by atoms with Crippen LogP contribution in [0.3, 0.4) is 0 Å². The van der Waals surface area contributed by atoms with E-state index in [1.807, 2.05) is 6.92 Å². The first-order valence-electron chi connectivity index (χ1n) is 8.97. The molecule has 2 amide bonds. The second-order valence-electron chi connectivity index (χ2n) is 5.84. The average molecular weight is 440 g/mol. The maximum atomic E-state index is 12.7. The highest BCUT2D eigenvalue weighted by atomic mass is 35.5. The number of benzene rings is 1. The number of rotatable bonds is 9. The van der Waals surface area contributed by atoms with E-state index in [4.69, 9.17) is 25.8 Å². The Hall–Kier alpha value is -2.45. The van der Waals surface area contributed by atoms with Gasteiger partial charge in [0.2, 0.25) is 0 Å². The zero-order valence-corrected chi connectivity index (χ0v) is 18.0. The van der Waals surface area contributed by atoms with Gasteiger partial charge in [-0.25, -0.2) is 4.79 Å². The molecule has 7 nitrogen and oxygen atoms in total. The second-order valence-corrected chi connectivity index (χ2v) is 7.24. The number of imide groups is 1. The number of thioether (sulfide) groups is 1. The van der Waals surface area contributed by atoms with Gasteiger partial charge in [0.15, 0.2) is 11.5 Å². The lowest BCUT2D eigenvalue weighted by Crippen LogP contribution is -2.42. The number of carbonyl (C=O) groups is 3. The molecule has 1 aromatic carbocycles. The van der Waals surface area contributed by atoms with Crippen LogP contribution in [-0.2, 0) is 14.3 Å². The van der Waals surface area contributed by atoms with Gasteiger partial charge in [0.05, 0.1) is 23.1 Å². The lowest BCUT2D eigenvalue weighted by Gasteiger charge is -2.19. The third-order valence-electron chi connectivity index (χ3n) is 3.81. The van der Waals surface area contributed by atoms with Gasteiger partial charge in [0, 0.05) is 0 Å². The Morgan fingerprint density at radius 1 is 1.28 bits per heavy atom. The number of ether oxygens (including phenoxy) is 3. The van der Waals surface area contributed by atoms with Crippen LogP contribution in [0.1, 0.15) is 26.3 Å². The first-order valence-corrected chi connectivity index (χ1v) is 10.2. The summed E-state index contributed by atoms with van der Waals surface area (Å²) in [6, 6.07) is 2.26. The molecule has 2 rings (SSSR count). The lowest BCUT2D eigenvalue weighted by molar-refractivity contribution is -0.150. The van der Waals surface area contributed by atoms with Crippen LogP contribution in [0.25, 0.3) is 6.08 Å². The fraction of sp³-hybridized carbons (Fsp3) is 0.350. The van der Waals surface area contributed by atoms with Crippen molar-refractivity contribution in [3.8, 4) is 11.5 Å². The summed E-state index contributed by atoms with van der Waals surface area (Å²) in [5.74, 6) is -0.426. The van der Waals surface area contributed by atoms with Gasteiger partial charge in [-0.1, -0.05) is 24.3 Å². The van der Waals surface area contributed by atoms with Crippen LogP contribution in [0.15, 0.2) is 29.7 Å². The number of carbonyl (C=O) groups excluding carboxylic acids is 3. The number of nitrogens with zero attached hydrogens (tertiary/aromatic N) is 1. The summed E-state index contributed by atoms with van der Waals surface area (Å²) in [6.07, 6.45) is 3.11. The number of esters is 1. The second kappa shape index (κ2) is 10.4. The molecular weight excluding hydrogens is 418 g/mol. The zero-order chi connectivity index (χ0) is 21.6. The molecule has 1 heterocycles.